The Morgan fingerprint density at radius 1 is 1.22 bits per heavy atom. The van der Waals surface area contributed by atoms with E-state index in [0.29, 0.717) is 16.5 Å². The molecule has 23 heavy (non-hydrogen) atoms. The minimum absolute atomic E-state index is 0.0289. The molecule has 0 amide bonds. The van der Waals surface area contributed by atoms with E-state index in [0.717, 1.165) is 10.3 Å². The van der Waals surface area contributed by atoms with Crippen LogP contribution in [0.25, 0.3) is 26.4 Å². The lowest BCUT2D eigenvalue weighted by molar-refractivity contribution is -0.133. The predicted octanol–water partition coefficient (Wildman–Crippen LogP) is 3.18. The molecule has 0 saturated carbocycles. The minimum atomic E-state index is -0.870. The predicted molar refractivity (Wildman–Crippen MR) is 90.0 cm³/mol. The van der Waals surface area contributed by atoms with E-state index in [4.69, 9.17) is 5.11 Å². The van der Waals surface area contributed by atoms with Gasteiger partial charge in [0, 0.05) is 4.70 Å². The zero-order chi connectivity index (χ0) is 15.8. The molecule has 1 aromatic carbocycles. The number of carbonyl (C=O) groups is 1. The van der Waals surface area contributed by atoms with Crippen LogP contribution in [-0.4, -0.2) is 36.6 Å². The quantitative estimate of drug-likeness (QED) is 0.574. The van der Waals surface area contributed by atoms with Crippen molar-refractivity contribution in [3.63, 3.8) is 0 Å². The van der Waals surface area contributed by atoms with Gasteiger partial charge in [0.15, 0.2) is 11.5 Å². The standard InChI is InChI=1S/C15H10N4O2S2/c20-14(21)8-22-13-6-5-12-16-17-15(19(12)18-13)11-7-9-3-1-2-4-10(9)23-11/h1-7H,8H2,(H,20,21). The Balaban J connectivity index is 1.79. The van der Waals surface area contributed by atoms with Crippen LogP contribution in [0.4, 0.5) is 0 Å². The maximum Gasteiger partial charge on any atom is 0.313 e. The summed E-state index contributed by atoms with van der Waals surface area (Å²) in [5.74, 6) is -0.233. The summed E-state index contributed by atoms with van der Waals surface area (Å²) < 4.78 is 2.84. The van der Waals surface area contributed by atoms with E-state index in [2.05, 4.69) is 33.5 Å². The summed E-state index contributed by atoms with van der Waals surface area (Å²) in [5, 5.41) is 23.4. The van der Waals surface area contributed by atoms with Gasteiger partial charge in [-0.1, -0.05) is 30.0 Å². The van der Waals surface area contributed by atoms with Crippen LogP contribution < -0.4 is 0 Å². The maximum atomic E-state index is 10.7. The molecule has 0 saturated heterocycles. The van der Waals surface area contributed by atoms with Crippen molar-refractivity contribution < 1.29 is 9.90 Å². The highest BCUT2D eigenvalue weighted by Gasteiger charge is 2.13. The van der Waals surface area contributed by atoms with Crippen LogP contribution in [0.15, 0.2) is 47.5 Å². The van der Waals surface area contributed by atoms with E-state index in [1.165, 1.54) is 16.5 Å². The van der Waals surface area contributed by atoms with Crippen molar-refractivity contribution in [3.8, 4) is 10.7 Å². The largest absolute Gasteiger partial charge is 0.481 e. The Morgan fingerprint density at radius 2 is 2.09 bits per heavy atom. The van der Waals surface area contributed by atoms with Crippen LogP contribution in [-0.2, 0) is 4.79 Å². The molecule has 0 aliphatic rings. The number of fused-ring (bicyclic) bond motifs is 2. The molecule has 0 aliphatic carbocycles. The van der Waals surface area contributed by atoms with Crippen molar-refractivity contribution in [3.05, 3.63) is 42.5 Å². The van der Waals surface area contributed by atoms with Crippen LogP contribution in [0.1, 0.15) is 0 Å². The van der Waals surface area contributed by atoms with Gasteiger partial charge < -0.3 is 5.11 Å². The molecule has 0 bridgehead atoms. The molecule has 3 heterocycles. The number of benzene rings is 1. The summed E-state index contributed by atoms with van der Waals surface area (Å²) in [5.41, 5.74) is 0.636. The Kier molecular flexibility index (Phi) is 3.47. The van der Waals surface area contributed by atoms with E-state index < -0.39 is 5.97 Å². The molecule has 0 atom stereocenters. The fourth-order valence-electron chi connectivity index (χ4n) is 2.23. The summed E-state index contributed by atoms with van der Waals surface area (Å²) in [4.78, 5) is 11.7. The third-order valence-electron chi connectivity index (χ3n) is 3.23. The van der Waals surface area contributed by atoms with Gasteiger partial charge in [0.25, 0.3) is 0 Å². The molecule has 0 aliphatic heterocycles. The first-order valence-electron chi connectivity index (χ1n) is 6.77. The van der Waals surface area contributed by atoms with Gasteiger partial charge in [-0.25, -0.2) is 0 Å². The van der Waals surface area contributed by atoms with Crippen LogP contribution in [0.3, 0.4) is 0 Å². The fourth-order valence-corrected chi connectivity index (χ4v) is 3.84. The molecule has 114 valence electrons. The monoisotopic (exact) mass is 342 g/mol. The Labute approximate surface area is 138 Å². The topological polar surface area (TPSA) is 80.4 Å². The average molecular weight is 342 g/mol. The summed E-state index contributed by atoms with van der Waals surface area (Å²) in [7, 11) is 0. The first kappa shape index (κ1) is 14.2. The number of hydrogen-bond acceptors (Lipinski definition) is 6. The van der Waals surface area contributed by atoms with Crippen molar-refractivity contribution in [2.24, 2.45) is 0 Å². The Hall–Kier alpha value is -2.45. The smallest absolute Gasteiger partial charge is 0.313 e. The van der Waals surface area contributed by atoms with Gasteiger partial charge in [0.05, 0.1) is 10.6 Å². The summed E-state index contributed by atoms with van der Waals surface area (Å²) in [6.07, 6.45) is 0. The number of hydrogen-bond donors (Lipinski definition) is 1. The van der Waals surface area contributed by atoms with Crippen LogP contribution in [0, 0.1) is 0 Å². The van der Waals surface area contributed by atoms with Crippen molar-refractivity contribution in [1.82, 2.24) is 19.8 Å². The SMILES string of the molecule is O=C(O)CSc1ccc2nnc(-c3cc4ccccc4s3)n2n1. The van der Waals surface area contributed by atoms with Gasteiger partial charge in [0.1, 0.15) is 5.03 Å². The molecule has 6 nitrogen and oxygen atoms in total. The number of rotatable bonds is 4. The molecule has 0 fully saturated rings. The number of thioether (sulfide) groups is 1. The zero-order valence-electron chi connectivity index (χ0n) is 11.7. The maximum absolute atomic E-state index is 10.7. The lowest BCUT2D eigenvalue weighted by Gasteiger charge is -2.00. The normalized spacial score (nSPS) is 11.3. The van der Waals surface area contributed by atoms with E-state index in [1.807, 2.05) is 12.1 Å². The molecule has 0 radical (unpaired) electrons. The number of carboxylic acid groups (broad SMARTS) is 1. The lowest BCUT2D eigenvalue weighted by atomic mass is 10.2. The van der Waals surface area contributed by atoms with Crippen LogP contribution in [0.2, 0.25) is 0 Å². The van der Waals surface area contributed by atoms with Gasteiger partial charge in [-0.3, -0.25) is 4.79 Å². The summed E-state index contributed by atoms with van der Waals surface area (Å²) in [6.45, 7) is 0. The second kappa shape index (κ2) is 5.64. The van der Waals surface area contributed by atoms with Crippen molar-refractivity contribution in [1.29, 1.82) is 0 Å². The van der Waals surface area contributed by atoms with Gasteiger partial charge in [-0.15, -0.1) is 21.5 Å². The number of carboxylic acids is 1. The minimum Gasteiger partial charge on any atom is -0.481 e. The van der Waals surface area contributed by atoms with Gasteiger partial charge in [-0.2, -0.15) is 9.61 Å². The zero-order valence-corrected chi connectivity index (χ0v) is 13.3. The van der Waals surface area contributed by atoms with E-state index in [9.17, 15) is 4.79 Å². The number of aliphatic carboxylic acids is 1. The molecular formula is C15H10N4O2S2. The third-order valence-corrected chi connectivity index (χ3v) is 5.24. The molecule has 0 spiro atoms. The lowest BCUT2D eigenvalue weighted by Crippen LogP contribution is -2.00. The Morgan fingerprint density at radius 3 is 2.91 bits per heavy atom. The van der Waals surface area contributed by atoms with Crippen LogP contribution >= 0.6 is 23.1 Å². The van der Waals surface area contributed by atoms with Gasteiger partial charge in [-0.05, 0) is 29.7 Å². The van der Waals surface area contributed by atoms with E-state index >= 15 is 0 Å². The first-order valence-corrected chi connectivity index (χ1v) is 8.57. The summed E-state index contributed by atoms with van der Waals surface area (Å²) in [6, 6.07) is 13.7. The number of aromatic nitrogens is 4. The van der Waals surface area contributed by atoms with Crippen LogP contribution in [0.5, 0.6) is 0 Å². The molecule has 0 unspecified atom stereocenters. The highest BCUT2D eigenvalue weighted by Crippen LogP contribution is 2.32. The fraction of sp³-hybridized carbons (Fsp3) is 0.0667. The second-order valence-electron chi connectivity index (χ2n) is 4.80. The molecule has 8 heteroatoms. The molecule has 4 aromatic rings. The first-order chi connectivity index (χ1) is 11.2. The molecule has 4 rings (SSSR count). The van der Waals surface area contributed by atoms with E-state index in [1.54, 1.807) is 28.0 Å². The van der Waals surface area contributed by atoms with Gasteiger partial charge in [0.2, 0.25) is 0 Å². The summed E-state index contributed by atoms with van der Waals surface area (Å²) >= 11 is 2.80. The number of nitrogens with zero attached hydrogens (tertiary/aromatic N) is 4. The van der Waals surface area contributed by atoms with Crippen molar-refractivity contribution in [2.45, 2.75) is 5.03 Å². The molecule has 1 N–H and O–H groups in total. The highest BCUT2D eigenvalue weighted by molar-refractivity contribution is 7.99. The average Bonchev–Trinajstić information content (AvgIpc) is 3.15. The van der Waals surface area contributed by atoms with E-state index in [-0.39, 0.29) is 5.75 Å². The third kappa shape index (κ3) is 2.66. The van der Waals surface area contributed by atoms with Crippen molar-refractivity contribution in [2.75, 3.05) is 5.75 Å². The Bertz CT molecular complexity index is 992. The second-order valence-corrected chi connectivity index (χ2v) is 6.88. The molecule has 3 aromatic heterocycles. The number of thiophene rings is 1. The highest BCUT2D eigenvalue weighted by atomic mass is 32.2. The van der Waals surface area contributed by atoms with Gasteiger partial charge >= 0.3 is 5.97 Å². The molecular weight excluding hydrogens is 332 g/mol. The van der Waals surface area contributed by atoms with Crippen molar-refractivity contribution >= 4 is 44.8 Å².